The highest BCUT2D eigenvalue weighted by Crippen LogP contribution is 2.26. The Kier molecular flexibility index (Phi) is 3.48. The number of benzene rings is 2. The molecule has 94 valence electrons. The number of thiazole rings is 1. The fraction of sp³-hybridized carbons (Fsp3) is 0. The minimum atomic E-state index is -0.121. The molecule has 1 aromatic heterocycles. The second-order valence-corrected chi connectivity index (χ2v) is 6.11. The Balaban J connectivity index is 1.89. The van der Waals surface area contributed by atoms with Crippen molar-refractivity contribution < 1.29 is 4.79 Å². The molecule has 0 unspecified atom stereocenters. The number of nitrogens with one attached hydrogen (secondary N) is 1. The number of fused-ring (bicyclic) bond motifs is 1. The van der Waals surface area contributed by atoms with Crippen LogP contribution in [0.2, 0.25) is 0 Å². The van der Waals surface area contributed by atoms with Crippen molar-refractivity contribution in [1.82, 2.24) is 4.98 Å². The number of hydrogen-bond donors (Lipinski definition) is 1. The maximum absolute atomic E-state index is 12.2. The second kappa shape index (κ2) is 5.26. The SMILES string of the molecule is O=C(Nc1nc2ccccc2s1)c1ccccc1I. The highest BCUT2D eigenvalue weighted by Gasteiger charge is 2.11. The molecule has 3 nitrogen and oxygen atoms in total. The number of hydrogen-bond acceptors (Lipinski definition) is 3. The summed E-state index contributed by atoms with van der Waals surface area (Å²) in [6, 6.07) is 15.3. The van der Waals surface area contributed by atoms with Gasteiger partial charge in [0.25, 0.3) is 5.91 Å². The summed E-state index contributed by atoms with van der Waals surface area (Å²) in [7, 11) is 0. The molecule has 0 aliphatic rings. The number of rotatable bonds is 2. The summed E-state index contributed by atoms with van der Waals surface area (Å²) >= 11 is 3.64. The van der Waals surface area contributed by atoms with Gasteiger partial charge in [0.2, 0.25) is 0 Å². The zero-order chi connectivity index (χ0) is 13.2. The Hall–Kier alpha value is -1.47. The minimum Gasteiger partial charge on any atom is -0.298 e. The van der Waals surface area contributed by atoms with Crippen LogP contribution in [0, 0.1) is 3.57 Å². The van der Waals surface area contributed by atoms with E-state index in [-0.39, 0.29) is 5.91 Å². The molecule has 0 saturated heterocycles. The predicted molar refractivity (Wildman–Crippen MR) is 86.7 cm³/mol. The van der Waals surface area contributed by atoms with Gasteiger partial charge in [-0.3, -0.25) is 10.1 Å². The van der Waals surface area contributed by atoms with Crippen LogP contribution in [0.25, 0.3) is 10.2 Å². The van der Waals surface area contributed by atoms with E-state index in [0.29, 0.717) is 10.7 Å². The van der Waals surface area contributed by atoms with Crippen LogP contribution in [-0.2, 0) is 0 Å². The highest BCUT2D eigenvalue weighted by atomic mass is 127. The summed E-state index contributed by atoms with van der Waals surface area (Å²) in [6.45, 7) is 0. The first kappa shape index (κ1) is 12.6. The van der Waals surface area contributed by atoms with Gasteiger partial charge >= 0.3 is 0 Å². The third-order valence-electron chi connectivity index (χ3n) is 2.63. The van der Waals surface area contributed by atoms with E-state index in [9.17, 15) is 4.79 Å². The van der Waals surface area contributed by atoms with Gasteiger partial charge in [0.1, 0.15) is 0 Å². The fourth-order valence-electron chi connectivity index (χ4n) is 1.74. The average molecular weight is 380 g/mol. The van der Waals surface area contributed by atoms with E-state index in [0.717, 1.165) is 13.8 Å². The molecule has 1 heterocycles. The standard InChI is InChI=1S/C14H9IN2OS/c15-10-6-2-1-5-9(10)13(18)17-14-16-11-7-3-4-8-12(11)19-14/h1-8H,(H,16,17,18). The summed E-state index contributed by atoms with van der Waals surface area (Å²) in [5, 5.41) is 3.48. The summed E-state index contributed by atoms with van der Waals surface area (Å²) in [5.74, 6) is -0.121. The van der Waals surface area contributed by atoms with Crippen LogP contribution >= 0.6 is 33.9 Å². The number of aromatic nitrogens is 1. The molecule has 0 aliphatic carbocycles. The van der Waals surface area contributed by atoms with Crippen molar-refractivity contribution in [1.29, 1.82) is 0 Å². The van der Waals surface area contributed by atoms with Crippen LogP contribution in [0.1, 0.15) is 10.4 Å². The number of amides is 1. The van der Waals surface area contributed by atoms with E-state index in [1.807, 2.05) is 48.5 Å². The summed E-state index contributed by atoms with van der Waals surface area (Å²) in [4.78, 5) is 16.6. The van der Waals surface area contributed by atoms with Crippen LogP contribution in [-0.4, -0.2) is 10.9 Å². The van der Waals surface area contributed by atoms with Crippen LogP contribution < -0.4 is 5.32 Å². The van der Waals surface area contributed by atoms with Crippen molar-refractivity contribution in [3.05, 3.63) is 57.7 Å². The second-order valence-electron chi connectivity index (χ2n) is 3.92. The lowest BCUT2D eigenvalue weighted by molar-refractivity contribution is 0.102. The number of anilines is 1. The number of para-hydroxylation sites is 1. The summed E-state index contributed by atoms with van der Waals surface area (Å²) in [6.07, 6.45) is 0. The number of nitrogens with zero attached hydrogens (tertiary/aromatic N) is 1. The van der Waals surface area contributed by atoms with Gasteiger partial charge in [0.05, 0.1) is 15.8 Å². The van der Waals surface area contributed by atoms with Crippen molar-refractivity contribution in [3.8, 4) is 0 Å². The molecule has 0 atom stereocenters. The Labute approximate surface area is 127 Å². The van der Waals surface area contributed by atoms with Crippen LogP contribution in [0.5, 0.6) is 0 Å². The molecular formula is C14H9IN2OS. The van der Waals surface area contributed by atoms with E-state index < -0.39 is 0 Å². The zero-order valence-corrected chi connectivity index (χ0v) is 12.7. The normalized spacial score (nSPS) is 10.6. The van der Waals surface area contributed by atoms with Crippen molar-refractivity contribution in [2.45, 2.75) is 0 Å². The first-order chi connectivity index (χ1) is 9.24. The Morgan fingerprint density at radius 2 is 1.84 bits per heavy atom. The topological polar surface area (TPSA) is 42.0 Å². The van der Waals surface area contributed by atoms with Gasteiger partial charge in [-0.2, -0.15) is 0 Å². The van der Waals surface area contributed by atoms with Crippen LogP contribution in [0.15, 0.2) is 48.5 Å². The minimum absolute atomic E-state index is 0.121. The molecule has 0 aliphatic heterocycles. The fourth-order valence-corrected chi connectivity index (χ4v) is 3.23. The lowest BCUT2D eigenvalue weighted by atomic mass is 10.2. The first-order valence-electron chi connectivity index (χ1n) is 5.65. The highest BCUT2D eigenvalue weighted by molar-refractivity contribution is 14.1. The maximum atomic E-state index is 12.2. The van der Waals surface area contributed by atoms with Crippen LogP contribution in [0.3, 0.4) is 0 Å². The van der Waals surface area contributed by atoms with E-state index in [1.165, 1.54) is 11.3 Å². The Morgan fingerprint density at radius 3 is 2.63 bits per heavy atom. The Bertz CT molecular complexity index is 721. The molecule has 19 heavy (non-hydrogen) atoms. The van der Waals surface area contributed by atoms with Crippen molar-refractivity contribution >= 4 is 55.2 Å². The molecule has 0 radical (unpaired) electrons. The molecular weight excluding hydrogens is 371 g/mol. The molecule has 1 N–H and O–H groups in total. The number of halogens is 1. The lowest BCUT2D eigenvalue weighted by Crippen LogP contribution is -2.12. The molecule has 5 heteroatoms. The average Bonchev–Trinajstić information content (AvgIpc) is 2.81. The smallest absolute Gasteiger partial charge is 0.258 e. The van der Waals surface area contributed by atoms with Gasteiger partial charge in [0, 0.05) is 3.57 Å². The lowest BCUT2D eigenvalue weighted by Gasteiger charge is -2.03. The molecule has 0 bridgehead atoms. The molecule has 2 aromatic carbocycles. The van der Waals surface area contributed by atoms with Gasteiger partial charge in [-0.15, -0.1) is 0 Å². The van der Waals surface area contributed by atoms with Gasteiger partial charge in [-0.1, -0.05) is 35.6 Å². The third kappa shape index (κ3) is 2.62. The van der Waals surface area contributed by atoms with E-state index in [1.54, 1.807) is 0 Å². The van der Waals surface area contributed by atoms with E-state index in [2.05, 4.69) is 32.9 Å². The summed E-state index contributed by atoms with van der Waals surface area (Å²) < 4.78 is 2.00. The predicted octanol–water partition coefficient (Wildman–Crippen LogP) is 4.15. The molecule has 0 saturated carbocycles. The first-order valence-corrected chi connectivity index (χ1v) is 7.55. The van der Waals surface area contributed by atoms with Crippen molar-refractivity contribution in [2.24, 2.45) is 0 Å². The van der Waals surface area contributed by atoms with Crippen molar-refractivity contribution in [3.63, 3.8) is 0 Å². The van der Waals surface area contributed by atoms with E-state index in [4.69, 9.17) is 0 Å². The van der Waals surface area contributed by atoms with Gasteiger partial charge in [0.15, 0.2) is 5.13 Å². The van der Waals surface area contributed by atoms with Gasteiger partial charge in [-0.05, 0) is 46.9 Å². The maximum Gasteiger partial charge on any atom is 0.258 e. The molecule has 3 rings (SSSR count). The van der Waals surface area contributed by atoms with Gasteiger partial charge < -0.3 is 0 Å². The monoisotopic (exact) mass is 380 g/mol. The Morgan fingerprint density at radius 1 is 1.11 bits per heavy atom. The van der Waals surface area contributed by atoms with Gasteiger partial charge in [-0.25, -0.2) is 4.98 Å². The number of carbonyl (C=O) groups excluding carboxylic acids is 1. The third-order valence-corrected chi connectivity index (χ3v) is 4.53. The molecule has 3 aromatic rings. The quantitative estimate of drug-likeness (QED) is 0.679. The molecule has 0 fully saturated rings. The van der Waals surface area contributed by atoms with Crippen LogP contribution in [0.4, 0.5) is 5.13 Å². The van der Waals surface area contributed by atoms with E-state index >= 15 is 0 Å². The summed E-state index contributed by atoms with van der Waals surface area (Å²) in [5.41, 5.74) is 1.58. The largest absolute Gasteiger partial charge is 0.298 e. The number of carbonyl (C=O) groups is 1. The molecule has 0 spiro atoms. The molecule has 1 amide bonds. The van der Waals surface area contributed by atoms with Crippen molar-refractivity contribution in [2.75, 3.05) is 5.32 Å². The zero-order valence-electron chi connectivity index (χ0n) is 9.76.